The van der Waals surface area contributed by atoms with Crippen molar-refractivity contribution >= 4 is 17.5 Å². The van der Waals surface area contributed by atoms with Crippen LogP contribution >= 0.6 is 0 Å². The number of rotatable bonds is 5. The zero-order valence-electron chi connectivity index (χ0n) is 18.8. The van der Waals surface area contributed by atoms with Gasteiger partial charge in [0.25, 0.3) is 5.91 Å². The summed E-state index contributed by atoms with van der Waals surface area (Å²) in [5.41, 5.74) is 4.15. The van der Waals surface area contributed by atoms with E-state index in [0.717, 1.165) is 22.6 Å². The number of benzene rings is 3. The van der Waals surface area contributed by atoms with Crippen molar-refractivity contribution in [2.75, 3.05) is 19.5 Å². The first-order chi connectivity index (χ1) is 15.4. The average Bonchev–Trinajstić information content (AvgIpc) is 2.81. The predicted molar refractivity (Wildman–Crippen MR) is 126 cm³/mol. The van der Waals surface area contributed by atoms with Gasteiger partial charge < -0.3 is 15.0 Å². The molecular formula is C27H28N2O3. The summed E-state index contributed by atoms with van der Waals surface area (Å²) in [7, 11) is 3.37. The molecule has 5 heteroatoms. The molecule has 1 aliphatic rings. The number of carbonyl (C=O) groups excluding carboxylic acids is 2. The largest absolute Gasteiger partial charge is 0.497 e. The molecule has 164 valence electrons. The number of amides is 2. The summed E-state index contributed by atoms with van der Waals surface area (Å²) < 4.78 is 5.28. The number of carbonyl (C=O) groups is 2. The molecular weight excluding hydrogens is 400 g/mol. The standard InChI is InChI=1S/C27H28N2O3/c1-17(2)18-9-13-20(14-10-18)28-26(30)24-22-7-5-6-8-23(22)27(31)29(3)25(24)19-11-15-21(32-4)16-12-19/h5-17,24-25H,1-4H3,(H,28,30)/t24-,25+/m1/s1. The van der Waals surface area contributed by atoms with E-state index in [9.17, 15) is 9.59 Å². The SMILES string of the molecule is COc1ccc([C@H]2[C@H](C(=O)Nc3ccc(C(C)C)cc3)c3ccccc3C(=O)N2C)cc1. The monoisotopic (exact) mass is 428 g/mol. The minimum Gasteiger partial charge on any atom is -0.497 e. The molecule has 1 heterocycles. The summed E-state index contributed by atoms with van der Waals surface area (Å²) in [4.78, 5) is 28.4. The van der Waals surface area contributed by atoms with E-state index >= 15 is 0 Å². The molecule has 2 amide bonds. The third kappa shape index (κ3) is 3.98. The molecule has 3 aromatic rings. The van der Waals surface area contributed by atoms with Gasteiger partial charge in [0.2, 0.25) is 5.91 Å². The van der Waals surface area contributed by atoms with Gasteiger partial charge in [-0.3, -0.25) is 9.59 Å². The van der Waals surface area contributed by atoms with Crippen molar-refractivity contribution in [3.8, 4) is 5.75 Å². The van der Waals surface area contributed by atoms with Crippen LogP contribution in [0.25, 0.3) is 0 Å². The Morgan fingerprint density at radius 3 is 2.25 bits per heavy atom. The number of nitrogens with zero attached hydrogens (tertiary/aromatic N) is 1. The van der Waals surface area contributed by atoms with Gasteiger partial charge in [-0.25, -0.2) is 0 Å². The second kappa shape index (κ2) is 8.87. The van der Waals surface area contributed by atoms with Crippen LogP contribution in [0.2, 0.25) is 0 Å². The number of hydrogen-bond acceptors (Lipinski definition) is 3. The molecule has 0 unspecified atom stereocenters. The maximum atomic E-state index is 13.6. The van der Waals surface area contributed by atoms with Crippen LogP contribution < -0.4 is 10.1 Å². The number of fused-ring (bicyclic) bond motifs is 1. The van der Waals surface area contributed by atoms with Gasteiger partial charge in [-0.2, -0.15) is 0 Å². The number of anilines is 1. The molecule has 2 atom stereocenters. The maximum absolute atomic E-state index is 13.6. The van der Waals surface area contributed by atoms with Crippen LogP contribution in [0.5, 0.6) is 5.75 Å². The van der Waals surface area contributed by atoms with E-state index in [1.54, 1.807) is 25.1 Å². The van der Waals surface area contributed by atoms with Gasteiger partial charge in [0.1, 0.15) is 5.75 Å². The highest BCUT2D eigenvalue weighted by atomic mass is 16.5. The van der Waals surface area contributed by atoms with Gasteiger partial charge in [0.05, 0.1) is 19.1 Å². The molecule has 3 aromatic carbocycles. The highest BCUT2D eigenvalue weighted by molar-refractivity contribution is 6.04. The number of likely N-dealkylation sites (N-methyl/N-ethyl adjacent to an activating group) is 1. The minimum absolute atomic E-state index is 0.0910. The third-order valence-corrected chi connectivity index (χ3v) is 6.16. The summed E-state index contributed by atoms with van der Waals surface area (Å²) in [6.45, 7) is 4.28. The molecule has 4 rings (SSSR count). The molecule has 0 fully saturated rings. The van der Waals surface area contributed by atoms with Crippen LogP contribution in [-0.2, 0) is 4.79 Å². The van der Waals surface area contributed by atoms with E-state index in [4.69, 9.17) is 4.74 Å². The first-order valence-corrected chi connectivity index (χ1v) is 10.8. The Labute approximate surface area is 189 Å². The van der Waals surface area contributed by atoms with Crippen molar-refractivity contribution in [1.82, 2.24) is 4.90 Å². The molecule has 1 N–H and O–H groups in total. The van der Waals surface area contributed by atoms with Crippen LogP contribution in [0.4, 0.5) is 5.69 Å². The lowest BCUT2D eigenvalue weighted by atomic mass is 9.79. The van der Waals surface area contributed by atoms with E-state index in [0.29, 0.717) is 11.5 Å². The Morgan fingerprint density at radius 1 is 0.969 bits per heavy atom. The molecule has 0 saturated heterocycles. The topological polar surface area (TPSA) is 58.6 Å². The highest BCUT2D eigenvalue weighted by Crippen LogP contribution is 2.42. The fourth-order valence-electron chi connectivity index (χ4n) is 4.35. The predicted octanol–water partition coefficient (Wildman–Crippen LogP) is 5.37. The zero-order chi connectivity index (χ0) is 22.8. The lowest BCUT2D eigenvalue weighted by Crippen LogP contribution is -2.44. The van der Waals surface area contributed by atoms with Crippen LogP contribution in [0.15, 0.2) is 72.8 Å². The molecule has 0 spiro atoms. The smallest absolute Gasteiger partial charge is 0.254 e. The third-order valence-electron chi connectivity index (χ3n) is 6.16. The molecule has 0 aromatic heterocycles. The van der Waals surface area contributed by atoms with E-state index < -0.39 is 12.0 Å². The Balaban J connectivity index is 1.74. The average molecular weight is 429 g/mol. The van der Waals surface area contributed by atoms with E-state index in [2.05, 4.69) is 19.2 Å². The second-order valence-electron chi connectivity index (χ2n) is 8.46. The number of ether oxygens (including phenoxy) is 1. The summed E-state index contributed by atoms with van der Waals surface area (Å²) in [5, 5.41) is 3.07. The van der Waals surface area contributed by atoms with Gasteiger partial charge in [-0.05, 0) is 52.9 Å². The van der Waals surface area contributed by atoms with Crippen molar-refractivity contribution in [1.29, 1.82) is 0 Å². The summed E-state index contributed by atoms with van der Waals surface area (Å²) in [5.74, 6) is 0.364. The maximum Gasteiger partial charge on any atom is 0.254 e. The van der Waals surface area contributed by atoms with Crippen molar-refractivity contribution in [3.63, 3.8) is 0 Å². The Bertz CT molecular complexity index is 1120. The molecule has 0 saturated carbocycles. The lowest BCUT2D eigenvalue weighted by Gasteiger charge is -2.39. The summed E-state index contributed by atoms with van der Waals surface area (Å²) >= 11 is 0. The summed E-state index contributed by atoms with van der Waals surface area (Å²) in [6.07, 6.45) is 0. The van der Waals surface area contributed by atoms with E-state index in [-0.39, 0.29) is 11.8 Å². The number of nitrogens with one attached hydrogen (secondary N) is 1. The van der Waals surface area contributed by atoms with E-state index in [1.165, 1.54) is 5.56 Å². The summed E-state index contributed by atoms with van der Waals surface area (Å²) in [6, 6.07) is 22.4. The van der Waals surface area contributed by atoms with Crippen LogP contribution in [0.3, 0.4) is 0 Å². The van der Waals surface area contributed by atoms with Crippen molar-refractivity contribution in [2.45, 2.75) is 31.7 Å². The second-order valence-corrected chi connectivity index (χ2v) is 8.46. The van der Waals surface area contributed by atoms with Crippen LogP contribution in [-0.4, -0.2) is 30.9 Å². The molecule has 0 radical (unpaired) electrons. The quantitative estimate of drug-likeness (QED) is 0.595. The molecule has 1 aliphatic heterocycles. The normalized spacial score (nSPS) is 17.8. The number of hydrogen-bond donors (Lipinski definition) is 1. The zero-order valence-corrected chi connectivity index (χ0v) is 18.8. The molecule has 0 bridgehead atoms. The van der Waals surface area contributed by atoms with Gasteiger partial charge in [-0.15, -0.1) is 0 Å². The first-order valence-electron chi connectivity index (χ1n) is 10.8. The Hall–Kier alpha value is -3.60. The first kappa shape index (κ1) is 21.6. The fourth-order valence-corrected chi connectivity index (χ4v) is 4.35. The Morgan fingerprint density at radius 2 is 1.62 bits per heavy atom. The van der Waals surface area contributed by atoms with Gasteiger partial charge in [-0.1, -0.05) is 56.3 Å². The number of methoxy groups -OCH3 is 1. The van der Waals surface area contributed by atoms with Gasteiger partial charge in [0, 0.05) is 18.3 Å². The fraction of sp³-hybridized carbons (Fsp3) is 0.259. The van der Waals surface area contributed by atoms with Crippen LogP contribution in [0, 0.1) is 0 Å². The van der Waals surface area contributed by atoms with Gasteiger partial charge in [0.15, 0.2) is 0 Å². The minimum atomic E-state index is -0.549. The molecule has 5 nitrogen and oxygen atoms in total. The van der Waals surface area contributed by atoms with Gasteiger partial charge >= 0.3 is 0 Å². The lowest BCUT2D eigenvalue weighted by molar-refractivity contribution is -0.119. The Kier molecular flexibility index (Phi) is 5.99. The molecule has 0 aliphatic carbocycles. The molecule has 32 heavy (non-hydrogen) atoms. The van der Waals surface area contributed by atoms with Crippen LogP contribution in [0.1, 0.15) is 58.8 Å². The van der Waals surface area contributed by atoms with Crippen molar-refractivity contribution < 1.29 is 14.3 Å². The highest BCUT2D eigenvalue weighted by Gasteiger charge is 2.42. The van der Waals surface area contributed by atoms with E-state index in [1.807, 2.05) is 66.7 Å². The van der Waals surface area contributed by atoms with Crippen molar-refractivity contribution in [3.05, 3.63) is 95.1 Å². The van der Waals surface area contributed by atoms with Crippen molar-refractivity contribution in [2.24, 2.45) is 0 Å².